The molecule has 4 heteroatoms. The molecule has 3 rings (SSSR count). The van der Waals surface area contributed by atoms with Crippen LogP contribution in [0, 0.1) is 0 Å². The maximum Gasteiger partial charge on any atom is 0.217 e. The summed E-state index contributed by atoms with van der Waals surface area (Å²) in [5.74, 6) is 0.688. The number of rotatable bonds is 5. The average Bonchev–Trinajstić information content (AvgIpc) is 2.92. The highest BCUT2D eigenvalue weighted by molar-refractivity contribution is 5.72. The number of hydrogen-bond donors (Lipinski definition) is 1. The van der Waals surface area contributed by atoms with Gasteiger partial charge in [0.25, 0.3) is 0 Å². The van der Waals surface area contributed by atoms with E-state index in [2.05, 4.69) is 16.4 Å². The second kappa shape index (κ2) is 5.97. The summed E-state index contributed by atoms with van der Waals surface area (Å²) < 4.78 is 10.9. The lowest BCUT2D eigenvalue weighted by Crippen LogP contribution is -2.07. The molecule has 0 aliphatic carbocycles. The van der Waals surface area contributed by atoms with Gasteiger partial charge in [0.05, 0.1) is 6.61 Å². The van der Waals surface area contributed by atoms with Crippen molar-refractivity contribution in [2.75, 3.05) is 12.4 Å². The number of nitrogens with one attached hydrogen (secondary N) is 1. The average molecular weight is 282 g/mol. The van der Waals surface area contributed by atoms with E-state index in [1.165, 1.54) is 0 Å². The van der Waals surface area contributed by atoms with Gasteiger partial charge in [-0.2, -0.15) is 0 Å². The van der Waals surface area contributed by atoms with Gasteiger partial charge in [-0.3, -0.25) is 0 Å². The summed E-state index contributed by atoms with van der Waals surface area (Å²) in [7, 11) is 1.70. The van der Waals surface area contributed by atoms with Gasteiger partial charge in [0, 0.05) is 12.8 Å². The fourth-order valence-electron chi connectivity index (χ4n) is 2.30. The molecule has 4 nitrogen and oxygen atoms in total. The van der Waals surface area contributed by atoms with Crippen molar-refractivity contribution in [3.63, 3.8) is 0 Å². The Bertz CT molecular complexity index is 703. The second-order valence-corrected chi connectivity index (χ2v) is 5.02. The normalized spacial score (nSPS) is 12.5. The first-order valence-corrected chi connectivity index (χ1v) is 6.96. The first kappa shape index (κ1) is 13.6. The Morgan fingerprint density at radius 1 is 1.19 bits per heavy atom. The van der Waals surface area contributed by atoms with E-state index in [9.17, 15) is 0 Å². The molecule has 1 heterocycles. The maximum absolute atomic E-state index is 5.78. The Hall–Kier alpha value is -2.33. The van der Waals surface area contributed by atoms with Gasteiger partial charge >= 0.3 is 0 Å². The highest BCUT2D eigenvalue weighted by Crippen LogP contribution is 2.23. The van der Waals surface area contributed by atoms with Crippen LogP contribution in [0.3, 0.4) is 0 Å². The molecule has 0 aliphatic rings. The Kier molecular flexibility index (Phi) is 3.88. The standard InChI is InChI=1S/C17H18N2O2/c1-12(17-19-15-8-3-4-9-16(15)21-17)18-14-7-5-6-13(10-14)11-20-2/h3-10,12,18H,11H2,1-2H3/t12-/m0/s1. The summed E-state index contributed by atoms with van der Waals surface area (Å²) in [6.07, 6.45) is 0. The summed E-state index contributed by atoms with van der Waals surface area (Å²) >= 11 is 0. The third-order valence-electron chi connectivity index (χ3n) is 3.30. The predicted octanol–water partition coefficient (Wildman–Crippen LogP) is 4.15. The van der Waals surface area contributed by atoms with Gasteiger partial charge in [0.15, 0.2) is 5.58 Å². The molecule has 0 spiro atoms. The van der Waals surface area contributed by atoms with Crippen LogP contribution in [0.4, 0.5) is 5.69 Å². The number of nitrogens with zero attached hydrogens (tertiary/aromatic N) is 1. The van der Waals surface area contributed by atoms with Gasteiger partial charge in [-0.25, -0.2) is 4.98 Å². The molecule has 0 saturated carbocycles. The summed E-state index contributed by atoms with van der Waals surface area (Å²) in [6, 6.07) is 15.9. The molecule has 21 heavy (non-hydrogen) atoms. The van der Waals surface area contributed by atoms with E-state index in [0.29, 0.717) is 12.5 Å². The number of methoxy groups -OCH3 is 1. The molecular weight excluding hydrogens is 264 g/mol. The summed E-state index contributed by atoms with van der Waals surface area (Å²) in [6.45, 7) is 2.64. The molecule has 1 atom stereocenters. The number of para-hydroxylation sites is 2. The minimum Gasteiger partial charge on any atom is -0.438 e. The van der Waals surface area contributed by atoms with Crippen molar-refractivity contribution in [3.8, 4) is 0 Å². The van der Waals surface area contributed by atoms with E-state index < -0.39 is 0 Å². The van der Waals surface area contributed by atoms with Crippen molar-refractivity contribution < 1.29 is 9.15 Å². The minimum atomic E-state index is -0.00445. The lowest BCUT2D eigenvalue weighted by molar-refractivity contribution is 0.185. The van der Waals surface area contributed by atoms with Crippen LogP contribution in [-0.4, -0.2) is 12.1 Å². The molecule has 3 aromatic rings. The van der Waals surface area contributed by atoms with Crippen molar-refractivity contribution in [1.29, 1.82) is 0 Å². The lowest BCUT2D eigenvalue weighted by atomic mass is 10.2. The Labute approximate surface area is 123 Å². The van der Waals surface area contributed by atoms with Gasteiger partial charge in [-0.1, -0.05) is 24.3 Å². The highest BCUT2D eigenvalue weighted by atomic mass is 16.5. The Morgan fingerprint density at radius 3 is 2.86 bits per heavy atom. The van der Waals surface area contributed by atoms with Gasteiger partial charge in [-0.15, -0.1) is 0 Å². The fraction of sp³-hybridized carbons (Fsp3) is 0.235. The molecule has 0 radical (unpaired) electrons. The summed E-state index contributed by atoms with van der Waals surface area (Å²) in [5, 5.41) is 3.41. The Morgan fingerprint density at radius 2 is 2.05 bits per heavy atom. The molecule has 0 saturated heterocycles. The zero-order chi connectivity index (χ0) is 14.7. The van der Waals surface area contributed by atoms with E-state index in [0.717, 1.165) is 22.4 Å². The van der Waals surface area contributed by atoms with Crippen LogP contribution in [0.15, 0.2) is 52.9 Å². The minimum absolute atomic E-state index is 0.00445. The van der Waals surface area contributed by atoms with Gasteiger partial charge < -0.3 is 14.5 Å². The zero-order valence-corrected chi connectivity index (χ0v) is 12.2. The highest BCUT2D eigenvalue weighted by Gasteiger charge is 2.13. The zero-order valence-electron chi connectivity index (χ0n) is 12.2. The fourth-order valence-corrected chi connectivity index (χ4v) is 2.30. The first-order valence-electron chi connectivity index (χ1n) is 6.96. The quantitative estimate of drug-likeness (QED) is 0.763. The molecule has 2 aromatic carbocycles. The number of ether oxygens (including phenoxy) is 1. The van der Waals surface area contributed by atoms with Gasteiger partial charge in [0.2, 0.25) is 5.89 Å². The SMILES string of the molecule is COCc1cccc(N[C@@H](C)c2nc3ccccc3o2)c1. The van der Waals surface area contributed by atoms with E-state index >= 15 is 0 Å². The van der Waals surface area contributed by atoms with Crippen LogP contribution in [-0.2, 0) is 11.3 Å². The van der Waals surface area contributed by atoms with Crippen LogP contribution in [0.1, 0.15) is 24.4 Å². The number of oxazole rings is 1. The molecule has 0 aliphatic heterocycles. The van der Waals surface area contributed by atoms with Crippen molar-refractivity contribution in [1.82, 2.24) is 4.98 Å². The third-order valence-corrected chi connectivity index (χ3v) is 3.30. The molecule has 0 fully saturated rings. The molecule has 108 valence electrons. The van der Waals surface area contributed by atoms with Crippen LogP contribution < -0.4 is 5.32 Å². The first-order chi connectivity index (χ1) is 10.3. The van der Waals surface area contributed by atoms with Crippen LogP contribution >= 0.6 is 0 Å². The monoisotopic (exact) mass is 282 g/mol. The number of anilines is 1. The lowest BCUT2D eigenvalue weighted by Gasteiger charge is -2.12. The van der Waals surface area contributed by atoms with E-state index in [4.69, 9.17) is 9.15 Å². The van der Waals surface area contributed by atoms with Crippen molar-refractivity contribution >= 4 is 16.8 Å². The number of benzene rings is 2. The summed E-state index contributed by atoms with van der Waals surface area (Å²) in [4.78, 5) is 4.51. The molecule has 0 bridgehead atoms. The smallest absolute Gasteiger partial charge is 0.217 e. The predicted molar refractivity (Wildman–Crippen MR) is 83.2 cm³/mol. The molecule has 0 amide bonds. The molecule has 0 unspecified atom stereocenters. The van der Waals surface area contributed by atoms with Crippen LogP contribution in [0.5, 0.6) is 0 Å². The van der Waals surface area contributed by atoms with E-state index in [1.54, 1.807) is 7.11 Å². The summed E-state index contributed by atoms with van der Waals surface area (Å²) in [5.41, 5.74) is 3.86. The van der Waals surface area contributed by atoms with Gasteiger partial charge in [-0.05, 0) is 36.8 Å². The number of fused-ring (bicyclic) bond motifs is 1. The van der Waals surface area contributed by atoms with Crippen LogP contribution in [0.2, 0.25) is 0 Å². The molecular formula is C17H18N2O2. The third kappa shape index (κ3) is 3.06. The van der Waals surface area contributed by atoms with E-state index in [-0.39, 0.29) is 6.04 Å². The van der Waals surface area contributed by atoms with Crippen molar-refractivity contribution in [2.24, 2.45) is 0 Å². The largest absolute Gasteiger partial charge is 0.438 e. The number of hydrogen-bond acceptors (Lipinski definition) is 4. The number of aromatic nitrogens is 1. The van der Waals surface area contributed by atoms with Crippen molar-refractivity contribution in [2.45, 2.75) is 19.6 Å². The van der Waals surface area contributed by atoms with Crippen LogP contribution in [0.25, 0.3) is 11.1 Å². The van der Waals surface area contributed by atoms with Crippen molar-refractivity contribution in [3.05, 3.63) is 60.0 Å². The molecule has 1 aromatic heterocycles. The molecule has 1 N–H and O–H groups in total. The maximum atomic E-state index is 5.78. The van der Waals surface area contributed by atoms with Gasteiger partial charge in [0.1, 0.15) is 11.6 Å². The van der Waals surface area contributed by atoms with E-state index in [1.807, 2.05) is 49.4 Å². The topological polar surface area (TPSA) is 47.3 Å². The Balaban J connectivity index is 1.79. The second-order valence-electron chi connectivity index (χ2n) is 5.02.